The maximum Gasteiger partial charge on any atom is 0.117 e. The van der Waals surface area contributed by atoms with Gasteiger partial charge in [-0.15, -0.1) is 0 Å². The highest BCUT2D eigenvalue weighted by molar-refractivity contribution is 5.37. The molecule has 5 atom stereocenters. The Bertz CT molecular complexity index is 322. The van der Waals surface area contributed by atoms with Crippen LogP contribution >= 0.6 is 0 Å². The monoisotopic (exact) mass is 194 g/mol. The Kier molecular flexibility index (Phi) is 1.35. The van der Waals surface area contributed by atoms with Gasteiger partial charge in [0.15, 0.2) is 0 Å². The molecule has 0 saturated carbocycles. The molecular formula is C11H14O3. The largest absolute Gasteiger partial charge is 0.377 e. The molecule has 2 fully saturated rings. The topological polar surface area (TPSA) is 34.3 Å². The molecule has 0 aromatic carbocycles. The predicted octanol–water partition coefficient (Wildman–Crippen LogP) is 1.03. The van der Waals surface area contributed by atoms with Crippen molar-refractivity contribution in [3.05, 3.63) is 11.1 Å². The first-order valence-corrected chi connectivity index (χ1v) is 5.44. The van der Waals surface area contributed by atoms with E-state index in [1.807, 2.05) is 0 Å². The van der Waals surface area contributed by atoms with Crippen molar-refractivity contribution in [1.29, 1.82) is 0 Å². The highest BCUT2D eigenvalue weighted by atomic mass is 16.7. The van der Waals surface area contributed by atoms with Crippen molar-refractivity contribution < 1.29 is 14.2 Å². The van der Waals surface area contributed by atoms with Gasteiger partial charge in [-0.25, -0.2) is 0 Å². The first kappa shape index (κ1) is 7.85. The highest BCUT2D eigenvalue weighted by Crippen LogP contribution is 2.52. The lowest BCUT2D eigenvalue weighted by Gasteiger charge is -2.11. The van der Waals surface area contributed by atoms with Gasteiger partial charge < -0.3 is 14.2 Å². The summed E-state index contributed by atoms with van der Waals surface area (Å²) in [5, 5.41) is 0. The number of rotatable bonds is 1. The molecule has 14 heavy (non-hydrogen) atoms. The van der Waals surface area contributed by atoms with E-state index in [0.29, 0.717) is 30.5 Å². The van der Waals surface area contributed by atoms with E-state index in [-0.39, 0.29) is 0 Å². The predicted molar refractivity (Wildman–Crippen MR) is 49.0 cm³/mol. The van der Waals surface area contributed by atoms with E-state index in [0.717, 1.165) is 12.8 Å². The summed E-state index contributed by atoms with van der Waals surface area (Å²) >= 11 is 0. The normalized spacial score (nSPS) is 53.4. The summed E-state index contributed by atoms with van der Waals surface area (Å²) in [4.78, 5) is 0. The minimum atomic E-state index is 0.331. The van der Waals surface area contributed by atoms with Crippen molar-refractivity contribution in [1.82, 2.24) is 0 Å². The van der Waals surface area contributed by atoms with Crippen molar-refractivity contribution in [3.8, 4) is 0 Å². The van der Waals surface area contributed by atoms with Gasteiger partial charge in [0.25, 0.3) is 0 Å². The van der Waals surface area contributed by atoms with Crippen LogP contribution in [0.5, 0.6) is 0 Å². The zero-order valence-corrected chi connectivity index (χ0v) is 8.23. The summed E-state index contributed by atoms with van der Waals surface area (Å²) in [6, 6.07) is 0. The third kappa shape index (κ3) is 0.879. The fraction of sp³-hybridized carbons (Fsp3) is 0.818. The van der Waals surface area contributed by atoms with Gasteiger partial charge in [0, 0.05) is 7.11 Å². The molecule has 0 amide bonds. The van der Waals surface area contributed by atoms with Crippen molar-refractivity contribution in [2.24, 2.45) is 0 Å². The lowest BCUT2D eigenvalue weighted by atomic mass is 10.0. The summed E-state index contributed by atoms with van der Waals surface area (Å²) in [5.74, 6) is 0. The second-order valence-electron chi connectivity index (χ2n) is 4.69. The average Bonchev–Trinajstić information content (AvgIpc) is 3.02. The van der Waals surface area contributed by atoms with E-state index >= 15 is 0 Å². The minimum absolute atomic E-state index is 0.331. The molecule has 0 unspecified atom stereocenters. The molecule has 2 heterocycles. The van der Waals surface area contributed by atoms with E-state index in [1.54, 1.807) is 12.7 Å². The van der Waals surface area contributed by atoms with Crippen LogP contribution in [0.2, 0.25) is 0 Å². The van der Waals surface area contributed by atoms with Crippen LogP contribution in [-0.4, -0.2) is 37.6 Å². The Morgan fingerprint density at radius 3 is 3.07 bits per heavy atom. The Morgan fingerprint density at radius 1 is 1.29 bits per heavy atom. The van der Waals surface area contributed by atoms with Crippen LogP contribution in [0.1, 0.15) is 19.3 Å². The molecule has 0 bridgehead atoms. The molecule has 76 valence electrons. The highest BCUT2D eigenvalue weighted by Gasteiger charge is 2.62. The quantitative estimate of drug-likeness (QED) is 0.462. The van der Waals surface area contributed by atoms with E-state index in [2.05, 4.69) is 0 Å². The Hall–Kier alpha value is -0.380. The smallest absolute Gasteiger partial charge is 0.117 e. The van der Waals surface area contributed by atoms with Crippen LogP contribution in [0.3, 0.4) is 0 Å². The zero-order chi connectivity index (χ0) is 9.28. The molecule has 3 nitrogen and oxygen atoms in total. The summed E-state index contributed by atoms with van der Waals surface area (Å²) in [6.45, 7) is 0. The summed E-state index contributed by atoms with van der Waals surface area (Å²) < 4.78 is 16.8. The van der Waals surface area contributed by atoms with Gasteiger partial charge in [-0.2, -0.15) is 0 Å². The summed E-state index contributed by atoms with van der Waals surface area (Å²) in [6.07, 6.45) is 5.38. The average molecular weight is 194 g/mol. The molecule has 0 aromatic rings. The first-order valence-electron chi connectivity index (χ1n) is 5.44. The number of fused-ring (bicyclic) bond motifs is 4. The maximum absolute atomic E-state index is 5.69. The molecule has 4 aliphatic rings. The maximum atomic E-state index is 5.69. The number of ether oxygens (including phenoxy) is 3. The fourth-order valence-electron chi connectivity index (χ4n) is 3.16. The van der Waals surface area contributed by atoms with Gasteiger partial charge in [-0.1, -0.05) is 5.57 Å². The molecule has 0 spiro atoms. The number of epoxide rings is 2. The first-order chi connectivity index (χ1) is 6.88. The van der Waals surface area contributed by atoms with E-state index in [4.69, 9.17) is 14.2 Å². The van der Waals surface area contributed by atoms with Gasteiger partial charge in [-0.05, 0) is 24.8 Å². The molecule has 2 aliphatic carbocycles. The molecule has 0 radical (unpaired) electrons. The zero-order valence-electron chi connectivity index (χ0n) is 8.23. The van der Waals surface area contributed by atoms with Gasteiger partial charge in [-0.3, -0.25) is 0 Å². The SMILES string of the molecule is CO[C@H]1CCC2=C1[C@H]1O[C@H]1[C@H]1O[C@H]1C2. The molecule has 0 N–H and O–H groups in total. The summed E-state index contributed by atoms with van der Waals surface area (Å²) in [7, 11) is 1.81. The lowest BCUT2D eigenvalue weighted by Crippen LogP contribution is -2.15. The molecule has 4 rings (SSSR count). The van der Waals surface area contributed by atoms with E-state index in [1.165, 1.54) is 12.0 Å². The van der Waals surface area contributed by atoms with Gasteiger partial charge >= 0.3 is 0 Å². The van der Waals surface area contributed by atoms with Gasteiger partial charge in [0.05, 0.1) is 12.2 Å². The third-order valence-electron chi connectivity index (χ3n) is 3.97. The summed E-state index contributed by atoms with van der Waals surface area (Å²) in [5.41, 5.74) is 3.03. The van der Waals surface area contributed by atoms with Crippen LogP contribution in [0.25, 0.3) is 0 Å². The Labute approximate surface area is 83.0 Å². The lowest BCUT2D eigenvalue weighted by molar-refractivity contribution is 0.127. The second-order valence-corrected chi connectivity index (χ2v) is 4.69. The molecular weight excluding hydrogens is 180 g/mol. The van der Waals surface area contributed by atoms with E-state index < -0.39 is 0 Å². The molecule has 3 heteroatoms. The minimum Gasteiger partial charge on any atom is -0.377 e. The molecule has 2 aliphatic heterocycles. The van der Waals surface area contributed by atoms with Crippen molar-refractivity contribution in [3.63, 3.8) is 0 Å². The van der Waals surface area contributed by atoms with Crippen molar-refractivity contribution in [2.75, 3.05) is 7.11 Å². The number of methoxy groups -OCH3 is 1. The van der Waals surface area contributed by atoms with Crippen LogP contribution in [0, 0.1) is 0 Å². The van der Waals surface area contributed by atoms with Crippen molar-refractivity contribution in [2.45, 2.75) is 49.8 Å². The van der Waals surface area contributed by atoms with Crippen LogP contribution in [0.4, 0.5) is 0 Å². The Morgan fingerprint density at radius 2 is 2.21 bits per heavy atom. The fourth-order valence-corrected chi connectivity index (χ4v) is 3.16. The number of hydrogen-bond donors (Lipinski definition) is 0. The molecule has 0 aromatic heterocycles. The van der Waals surface area contributed by atoms with E-state index in [9.17, 15) is 0 Å². The van der Waals surface area contributed by atoms with Gasteiger partial charge in [0.2, 0.25) is 0 Å². The van der Waals surface area contributed by atoms with Crippen LogP contribution < -0.4 is 0 Å². The molecule has 2 saturated heterocycles. The second kappa shape index (κ2) is 2.40. The Balaban J connectivity index is 1.72. The van der Waals surface area contributed by atoms with Crippen molar-refractivity contribution >= 4 is 0 Å². The standard InChI is InChI=1S/C11H14O3/c1-12-6-3-2-5-4-7-9(13-7)11-10(14-11)8(5)6/h6-7,9-11H,2-4H2,1H3/t6-,7-,9-,10+,11-/m0/s1. The van der Waals surface area contributed by atoms with Crippen LogP contribution in [-0.2, 0) is 14.2 Å². The number of hydrogen-bond acceptors (Lipinski definition) is 3. The third-order valence-corrected chi connectivity index (χ3v) is 3.97. The van der Waals surface area contributed by atoms with Gasteiger partial charge in [0.1, 0.15) is 18.3 Å². The van der Waals surface area contributed by atoms with Crippen LogP contribution in [0.15, 0.2) is 11.1 Å².